The molecule has 0 unspecified atom stereocenters. The molecular weight excluding hydrogens is 280 g/mol. The van der Waals surface area contributed by atoms with Crippen LogP contribution in [0.25, 0.3) is 22.0 Å². The van der Waals surface area contributed by atoms with E-state index in [2.05, 4.69) is 9.97 Å². The Morgan fingerprint density at radius 2 is 1.59 bits per heavy atom. The summed E-state index contributed by atoms with van der Waals surface area (Å²) in [6.45, 7) is 0. The lowest BCUT2D eigenvalue weighted by atomic mass is 10.0. The average molecular weight is 296 g/mol. The third-order valence-electron chi connectivity index (χ3n) is 3.46. The van der Waals surface area contributed by atoms with Crippen LogP contribution in [-0.2, 0) is 0 Å². The molecule has 0 aliphatic heterocycles. The second-order valence-corrected chi connectivity index (χ2v) is 4.74. The van der Waals surface area contributed by atoms with Gasteiger partial charge in [-0.05, 0) is 29.8 Å². The van der Waals surface area contributed by atoms with E-state index in [4.69, 9.17) is 20.9 Å². The average Bonchev–Trinajstić information content (AvgIpc) is 2.53. The first-order valence-corrected chi connectivity index (χ1v) is 6.68. The van der Waals surface area contributed by atoms with E-state index in [0.29, 0.717) is 22.8 Å². The van der Waals surface area contributed by atoms with Crippen LogP contribution >= 0.6 is 0 Å². The minimum Gasteiger partial charge on any atom is -0.496 e. The van der Waals surface area contributed by atoms with E-state index >= 15 is 0 Å². The number of methoxy groups -OCH3 is 2. The second-order valence-electron chi connectivity index (χ2n) is 4.74. The molecule has 0 atom stereocenters. The third-order valence-corrected chi connectivity index (χ3v) is 3.46. The number of rotatable bonds is 3. The Hall–Kier alpha value is -3.02. The summed E-state index contributed by atoms with van der Waals surface area (Å²) in [5, 5.41) is 0.756. The summed E-state index contributed by atoms with van der Waals surface area (Å²) < 4.78 is 10.9. The monoisotopic (exact) mass is 296 g/mol. The molecular formula is C16H16N4O2. The Bertz CT molecular complexity index is 827. The molecule has 2 aromatic carbocycles. The van der Waals surface area contributed by atoms with Crippen molar-refractivity contribution in [1.29, 1.82) is 0 Å². The molecule has 6 nitrogen and oxygen atoms in total. The number of hydrogen-bond donors (Lipinski definition) is 2. The third kappa shape index (κ3) is 2.24. The summed E-state index contributed by atoms with van der Waals surface area (Å²) in [6, 6.07) is 11.3. The fraction of sp³-hybridized carbons (Fsp3) is 0.125. The van der Waals surface area contributed by atoms with Crippen molar-refractivity contribution in [2.24, 2.45) is 0 Å². The molecule has 0 saturated carbocycles. The van der Waals surface area contributed by atoms with E-state index in [1.54, 1.807) is 14.2 Å². The predicted octanol–water partition coefficient (Wildman–Crippen LogP) is 2.48. The van der Waals surface area contributed by atoms with Crippen LogP contribution in [-0.4, -0.2) is 24.2 Å². The van der Waals surface area contributed by atoms with Crippen molar-refractivity contribution in [3.05, 3.63) is 36.4 Å². The lowest BCUT2D eigenvalue weighted by molar-refractivity contribution is 0.397. The molecule has 0 radical (unpaired) electrons. The number of nitrogens with two attached hydrogens (primary N) is 2. The molecule has 3 rings (SSSR count). The summed E-state index contributed by atoms with van der Waals surface area (Å²) in [5.41, 5.74) is 14.0. The lowest BCUT2D eigenvalue weighted by Crippen LogP contribution is -2.00. The molecule has 0 fully saturated rings. The Morgan fingerprint density at radius 3 is 2.23 bits per heavy atom. The van der Waals surface area contributed by atoms with Gasteiger partial charge in [-0.3, -0.25) is 0 Å². The Kier molecular flexibility index (Phi) is 3.42. The number of nitrogen functional groups attached to an aromatic ring is 2. The first kappa shape index (κ1) is 13.9. The second kappa shape index (κ2) is 5.40. The van der Waals surface area contributed by atoms with Crippen LogP contribution in [0, 0.1) is 0 Å². The standard InChI is InChI=1S/C16H16N4O2/c1-21-12-4-3-5-13(22-2)14(12)9-6-7-10-11(8-9)19-16(18)20-15(10)17/h3-8H,1-2H3,(H4,17,18,19,20). The Morgan fingerprint density at radius 1 is 0.909 bits per heavy atom. The number of aromatic nitrogens is 2. The van der Waals surface area contributed by atoms with E-state index in [1.165, 1.54) is 0 Å². The van der Waals surface area contributed by atoms with Crippen molar-refractivity contribution in [3.8, 4) is 22.6 Å². The molecule has 0 spiro atoms. The van der Waals surface area contributed by atoms with Gasteiger partial charge in [-0.1, -0.05) is 12.1 Å². The largest absolute Gasteiger partial charge is 0.496 e. The van der Waals surface area contributed by atoms with Crippen molar-refractivity contribution >= 4 is 22.7 Å². The van der Waals surface area contributed by atoms with Crippen molar-refractivity contribution < 1.29 is 9.47 Å². The molecule has 0 aliphatic rings. The van der Waals surface area contributed by atoms with Crippen LogP contribution in [0.1, 0.15) is 0 Å². The van der Waals surface area contributed by atoms with E-state index in [9.17, 15) is 0 Å². The van der Waals surface area contributed by atoms with Gasteiger partial charge in [0.2, 0.25) is 5.95 Å². The van der Waals surface area contributed by atoms with Gasteiger partial charge in [0.15, 0.2) is 0 Å². The smallest absolute Gasteiger partial charge is 0.222 e. The highest BCUT2D eigenvalue weighted by Crippen LogP contribution is 2.39. The molecule has 6 heteroatoms. The lowest BCUT2D eigenvalue weighted by Gasteiger charge is -2.13. The summed E-state index contributed by atoms with van der Waals surface area (Å²) in [6.07, 6.45) is 0. The highest BCUT2D eigenvalue weighted by molar-refractivity contribution is 5.93. The molecule has 0 aliphatic carbocycles. The zero-order valence-corrected chi connectivity index (χ0v) is 12.3. The van der Waals surface area contributed by atoms with Gasteiger partial charge in [-0.25, -0.2) is 4.98 Å². The van der Waals surface area contributed by atoms with Gasteiger partial charge >= 0.3 is 0 Å². The minimum atomic E-state index is 0.147. The SMILES string of the molecule is COc1cccc(OC)c1-c1ccc2c(N)nc(N)nc2c1. The van der Waals surface area contributed by atoms with Crippen molar-refractivity contribution in [1.82, 2.24) is 9.97 Å². The van der Waals surface area contributed by atoms with Crippen LogP contribution in [0.3, 0.4) is 0 Å². The van der Waals surface area contributed by atoms with Gasteiger partial charge < -0.3 is 20.9 Å². The van der Waals surface area contributed by atoms with Crippen LogP contribution in [0.5, 0.6) is 11.5 Å². The van der Waals surface area contributed by atoms with Gasteiger partial charge in [-0.15, -0.1) is 0 Å². The molecule has 22 heavy (non-hydrogen) atoms. The molecule has 1 aromatic heterocycles. The molecule has 4 N–H and O–H groups in total. The number of anilines is 2. The number of benzene rings is 2. The summed E-state index contributed by atoms with van der Waals surface area (Å²) >= 11 is 0. The van der Waals surface area contributed by atoms with Crippen molar-refractivity contribution in [2.75, 3.05) is 25.7 Å². The molecule has 3 aromatic rings. The molecule has 0 bridgehead atoms. The first-order valence-electron chi connectivity index (χ1n) is 6.68. The highest BCUT2D eigenvalue weighted by Gasteiger charge is 2.14. The maximum Gasteiger partial charge on any atom is 0.222 e. The quantitative estimate of drug-likeness (QED) is 0.770. The number of hydrogen-bond acceptors (Lipinski definition) is 6. The summed E-state index contributed by atoms with van der Waals surface area (Å²) in [5.74, 6) is 1.94. The van der Waals surface area contributed by atoms with Gasteiger partial charge in [0, 0.05) is 5.39 Å². The van der Waals surface area contributed by atoms with Crippen molar-refractivity contribution in [3.63, 3.8) is 0 Å². The maximum atomic E-state index is 5.88. The van der Waals surface area contributed by atoms with Gasteiger partial charge in [0.25, 0.3) is 0 Å². The van der Waals surface area contributed by atoms with Crippen molar-refractivity contribution in [2.45, 2.75) is 0 Å². The maximum absolute atomic E-state index is 5.88. The molecule has 0 saturated heterocycles. The number of nitrogens with zero attached hydrogens (tertiary/aromatic N) is 2. The summed E-state index contributed by atoms with van der Waals surface area (Å²) in [4.78, 5) is 8.21. The highest BCUT2D eigenvalue weighted by atomic mass is 16.5. The molecule has 1 heterocycles. The number of fused-ring (bicyclic) bond motifs is 1. The van der Waals surface area contributed by atoms with E-state index in [0.717, 1.165) is 16.5 Å². The summed E-state index contributed by atoms with van der Waals surface area (Å²) in [7, 11) is 3.24. The molecule has 112 valence electrons. The van der Waals surface area contributed by atoms with Crippen LogP contribution in [0.15, 0.2) is 36.4 Å². The van der Waals surface area contributed by atoms with E-state index in [1.807, 2.05) is 36.4 Å². The van der Waals surface area contributed by atoms with Crippen LogP contribution in [0.4, 0.5) is 11.8 Å². The van der Waals surface area contributed by atoms with Gasteiger partial charge in [0.1, 0.15) is 17.3 Å². The predicted molar refractivity (Wildman–Crippen MR) is 86.9 cm³/mol. The minimum absolute atomic E-state index is 0.147. The Balaban J connectivity index is 2.27. The van der Waals surface area contributed by atoms with E-state index in [-0.39, 0.29) is 5.95 Å². The number of ether oxygens (including phenoxy) is 2. The topological polar surface area (TPSA) is 96.3 Å². The zero-order valence-electron chi connectivity index (χ0n) is 12.3. The normalized spacial score (nSPS) is 10.6. The van der Waals surface area contributed by atoms with E-state index < -0.39 is 0 Å². The van der Waals surface area contributed by atoms with Crippen LogP contribution in [0.2, 0.25) is 0 Å². The first-order chi connectivity index (χ1) is 10.6. The van der Waals surface area contributed by atoms with Gasteiger partial charge in [0.05, 0.1) is 25.3 Å². The Labute approximate surface area is 127 Å². The zero-order chi connectivity index (χ0) is 15.7. The van der Waals surface area contributed by atoms with Crippen LogP contribution < -0.4 is 20.9 Å². The molecule has 0 amide bonds. The van der Waals surface area contributed by atoms with Gasteiger partial charge in [-0.2, -0.15) is 4.98 Å². The fourth-order valence-electron chi connectivity index (χ4n) is 2.46. The fourth-order valence-corrected chi connectivity index (χ4v) is 2.46.